The van der Waals surface area contributed by atoms with Gasteiger partial charge in [0, 0.05) is 42.5 Å². The highest BCUT2D eigenvalue weighted by Gasteiger charge is 2.70. The Morgan fingerprint density at radius 3 is 2.17 bits per heavy atom. The maximum atomic E-state index is 15.5. The summed E-state index contributed by atoms with van der Waals surface area (Å²) in [5.41, 5.74) is 6.62. The quantitative estimate of drug-likeness (QED) is 0.130. The number of aromatic hydroxyl groups is 1. The van der Waals surface area contributed by atoms with Crippen molar-refractivity contribution < 1.29 is 24.3 Å². The lowest BCUT2D eigenvalue weighted by Gasteiger charge is -2.50. The maximum absolute atomic E-state index is 15.5. The normalized spacial score (nSPS) is 27.4. The molecule has 4 amide bonds. The Kier molecular flexibility index (Phi) is 8.82. The Bertz CT molecular complexity index is 2480. The molecule has 0 spiro atoms. The van der Waals surface area contributed by atoms with Crippen molar-refractivity contribution in [2.24, 2.45) is 23.7 Å². The zero-order valence-electron chi connectivity index (χ0n) is 32.5. The molecule has 0 radical (unpaired) electrons. The number of imide groups is 2. The number of hydrogen-bond acceptors (Lipinski definition) is 7. The van der Waals surface area contributed by atoms with E-state index in [0.717, 1.165) is 36.2 Å². The third kappa shape index (κ3) is 5.54. The number of nitrogens with one attached hydrogen (secondary N) is 1. The lowest BCUT2D eigenvalue weighted by molar-refractivity contribution is -0.144. The van der Waals surface area contributed by atoms with Gasteiger partial charge in [-0.1, -0.05) is 126 Å². The van der Waals surface area contributed by atoms with E-state index in [-0.39, 0.29) is 35.9 Å². The number of phenolic OH excluding ortho intramolecular Hbond substituents is 1. The number of nitrogens with zero attached hydrogens (tertiary/aromatic N) is 3. The van der Waals surface area contributed by atoms with Gasteiger partial charge < -0.3 is 5.11 Å². The summed E-state index contributed by atoms with van der Waals surface area (Å²) in [6.07, 6.45) is 4.03. The van der Waals surface area contributed by atoms with Crippen molar-refractivity contribution in [3.8, 4) is 5.75 Å². The molecule has 0 unspecified atom stereocenters. The first-order valence-electron chi connectivity index (χ1n) is 20.6. The maximum Gasteiger partial charge on any atom is 0.260 e. The van der Waals surface area contributed by atoms with Crippen LogP contribution in [0.1, 0.15) is 53.9 Å². The standard InChI is InChI=1S/C49H46N4O5/c1-30-16-19-34(20-17-30)50-53-46(56)41-28-40-37(22-23-38-42(40)47(57)52(45(38)55)35-24-26-51(27-25-35)29-31-10-4-2-5-11-31)43(49(41,48(53)58)33-13-6-3-7-14-33)39-21-18-32-12-8-9-15-36(32)44(39)54/h2-22,35,38,40-43,50,54H,23-29H2,1H3/t38-,40+,41-,42-,43+,49+/m0/s1. The molecule has 2 N–H and O–H groups in total. The van der Waals surface area contributed by atoms with Crippen LogP contribution in [0.2, 0.25) is 0 Å². The fraction of sp³-hybridized carbons (Fsp3) is 0.306. The van der Waals surface area contributed by atoms with E-state index >= 15 is 9.59 Å². The Morgan fingerprint density at radius 2 is 1.43 bits per heavy atom. The molecule has 6 atom stereocenters. The number of hydrazine groups is 1. The van der Waals surface area contributed by atoms with E-state index in [2.05, 4.69) is 28.5 Å². The number of likely N-dealkylation sites (tertiary alicyclic amines) is 2. The van der Waals surface area contributed by atoms with E-state index in [1.54, 1.807) is 4.90 Å². The van der Waals surface area contributed by atoms with E-state index in [4.69, 9.17) is 0 Å². The van der Waals surface area contributed by atoms with Crippen molar-refractivity contribution >= 4 is 40.1 Å². The average molecular weight is 771 g/mol. The monoisotopic (exact) mass is 770 g/mol. The molecule has 3 saturated heterocycles. The topological polar surface area (TPSA) is 110 Å². The van der Waals surface area contributed by atoms with Crippen molar-refractivity contribution in [1.29, 1.82) is 0 Å². The van der Waals surface area contributed by atoms with Gasteiger partial charge in [0.2, 0.25) is 11.8 Å². The predicted octanol–water partition coefficient (Wildman–Crippen LogP) is 7.50. The smallest absolute Gasteiger partial charge is 0.260 e. The highest BCUT2D eigenvalue weighted by molar-refractivity contribution is 6.13. The molecule has 292 valence electrons. The van der Waals surface area contributed by atoms with E-state index in [9.17, 15) is 14.7 Å². The second-order valence-electron chi connectivity index (χ2n) is 16.9. The number of piperidine rings is 1. The van der Waals surface area contributed by atoms with Crippen LogP contribution < -0.4 is 5.43 Å². The minimum atomic E-state index is -1.46. The number of hydrogen-bond donors (Lipinski definition) is 2. The first kappa shape index (κ1) is 36.3. The van der Waals surface area contributed by atoms with Crippen molar-refractivity contribution in [2.75, 3.05) is 18.5 Å². The Morgan fingerprint density at radius 1 is 0.741 bits per heavy atom. The molecule has 3 heterocycles. The van der Waals surface area contributed by atoms with Crippen LogP contribution in [0.4, 0.5) is 5.69 Å². The summed E-state index contributed by atoms with van der Waals surface area (Å²) in [5, 5.41) is 14.9. The van der Waals surface area contributed by atoms with Crippen LogP contribution in [0.5, 0.6) is 5.75 Å². The number of allylic oxidation sites excluding steroid dienone is 2. The van der Waals surface area contributed by atoms with Gasteiger partial charge in [0.15, 0.2) is 0 Å². The molecule has 9 nitrogen and oxygen atoms in total. The summed E-state index contributed by atoms with van der Waals surface area (Å²) in [4.78, 5) is 63.9. The molecule has 9 heteroatoms. The summed E-state index contributed by atoms with van der Waals surface area (Å²) in [6.45, 7) is 4.37. The third-order valence-corrected chi connectivity index (χ3v) is 13.8. The average Bonchev–Trinajstić information content (AvgIpc) is 3.63. The van der Waals surface area contributed by atoms with Crippen molar-refractivity contribution in [3.05, 3.63) is 155 Å². The molecule has 1 saturated carbocycles. The van der Waals surface area contributed by atoms with Gasteiger partial charge in [0.25, 0.3) is 11.8 Å². The van der Waals surface area contributed by atoms with Crippen LogP contribution in [0.25, 0.3) is 10.8 Å². The van der Waals surface area contributed by atoms with Crippen LogP contribution in [0.15, 0.2) is 133 Å². The van der Waals surface area contributed by atoms with Crippen molar-refractivity contribution in [1.82, 2.24) is 14.8 Å². The number of fused-ring (bicyclic) bond motifs is 5. The Labute approximate surface area is 337 Å². The molecule has 3 aliphatic heterocycles. The summed E-state index contributed by atoms with van der Waals surface area (Å²) in [7, 11) is 0. The van der Waals surface area contributed by atoms with Crippen molar-refractivity contribution in [2.45, 2.75) is 56.5 Å². The number of rotatable bonds is 7. The summed E-state index contributed by atoms with van der Waals surface area (Å²) in [6, 6.07) is 38.6. The van der Waals surface area contributed by atoms with Crippen LogP contribution in [-0.2, 0) is 31.1 Å². The van der Waals surface area contributed by atoms with Crippen LogP contribution in [-0.4, -0.2) is 62.7 Å². The van der Waals surface area contributed by atoms with Gasteiger partial charge in [-0.3, -0.25) is 34.4 Å². The molecule has 5 aromatic rings. The molecular formula is C49H46N4O5. The predicted molar refractivity (Wildman–Crippen MR) is 221 cm³/mol. The van der Waals surface area contributed by atoms with Crippen LogP contribution in [0.3, 0.4) is 0 Å². The minimum Gasteiger partial charge on any atom is -0.507 e. The fourth-order valence-corrected chi connectivity index (χ4v) is 11.2. The molecule has 10 rings (SSSR count). The highest BCUT2D eigenvalue weighted by atomic mass is 16.3. The van der Waals surface area contributed by atoms with E-state index < -0.39 is 40.9 Å². The summed E-state index contributed by atoms with van der Waals surface area (Å²) < 4.78 is 0. The number of amides is 4. The van der Waals surface area contributed by atoms with Crippen molar-refractivity contribution in [3.63, 3.8) is 0 Å². The van der Waals surface area contributed by atoms with Gasteiger partial charge >= 0.3 is 0 Å². The van der Waals surface area contributed by atoms with Crippen LogP contribution >= 0.6 is 0 Å². The number of benzene rings is 5. The number of anilines is 1. The second kappa shape index (κ2) is 14.1. The van der Waals surface area contributed by atoms with Gasteiger partial charge in [-0.05, 0) is 67.2 Å². The molecule has 4 fully saturated rings. The van der Waals surface area contributed by atoms with E-state index in [1.165, 1.54) is 10.6 Å². The molecule has 2 aliphatic carbocycles. The zero-order chi connectivity index (χ0) is 39.7. The number of carbonyl (C=O) groups excluding carboxylic acids is 4. The van der Waals surface area contributed by atoms with Gasteiger partial charge in [-0.2, -0.15) is 5.01 Å². The molecule has 58 heavy (non-hydrogen) atoms. The van der Waals surface area contributed by atoms with E-state index in [0.29, 0.717) is 41.5 Å². The number of phenols is 1. The van der Waals surface area contributed by atoms with Crippen LogP contribution in [0, 0.1) is 30.6 Å². The van der Waals surface area contributed by atoms with E-state index in [1.807, 2.05) is 116 Å². The first-order chi connectivity index (χ1) is 28.3. The molecule has 0 bridgehead atoms. The lowest BCUT2D eigenvalue weighted by Crippen LogP contribution is -2.53. The third-order valence-electron chi connectivity index (χ3n) is 13.8. The van der Waals surface area contributed by atoms with Gasteiger partial charge in [0.1, 0.15) is 5.75 Å². The lowest BCUT2D eigenvalue weighted by atomic mass is 9.49. The largest absolute Gasteiger partial charge is 0.507 e. The zero-order valence-corrected chi connectivity index (χ0v) is 32.5. The summed E-state index contributed by atoms with van der Waals surface area (Å²) in [5.74, 6) is -4.47. The van der Waals surface area contributed by atoms with Gasteiger partial charge in [0.05, 0.1) is 28.9 Å². The van der Waals surface area contributed by atoms with Gasteiger partial charge in [-0.15, -0.1) is 0 Å². The Balaban J connectivity index is 1.07. The SMILES string of the molecule is Cc1ccc(NN2C(=O)[C@@H]3C[C@@H]4C(=CC[C@@H]5C(=O)N(C6CCN(Cc7ccccc7)CC6)C(=O)[C@@H]54)[C@H](c4ccc5ccccc5c4O)[C@]3(c3ccccc3)C2=O)cc1. The Hall–Kier alpha value is -6.06. The first-order valence-corrected chi connectivity index (χ1v) is 20.6. The van der Waals surface area contributed by atoms with Gasteiger partial charge in [-0.25, -0.2) is 0 Å². The molecule has 5 aromatic carbocycles. The molecule has 0 aromatic heterocycles. The second-order valence-corrected chi connectivity index (χ2v) is 16.9. The minimum absolute atomic E-state index is 0.0451. The fourth-order valence-electron chi connectivity index (χ4n) is 11.2. The highest BCUT2D eigenvalue weighted by Crippen LogP contribution is 2.65. The molecule has 5 aliphatic rings. The summed E-state index contributed by atoms with van der Waals surface area (Å²) >= 11 is 0. The number of aryl methyl sites for hydroxylation is 1. The molecular weight excluding hydrogens is 725 g/mol. The number of carbonyl (C=O) groups is 4.